The zero-order chi connectivity index (χ0) is 30.1. The first-order valence-electron chi connectivity index (χ1n) is 15.1. The minimum atomic E-state index is -0.249. The zero-order valence-electron chi connectivity index (χ0n) is 25.8. The number of rotatable bonds is 2. The van der Waals surface area contributed by atoms with Crippen molar-refractivity contribution in [2.24, 2.45) is 0 Å². The van der Waals surface area contributed by atoms with Gasteiger partial charge in [0.15, 0.2) is 5.75 Å². The normalized spacial score (nSPS) is 15.5. The Labute approximate surface area is 252 Å². The van der Waals surface area contributed by atoms with Crippen LogP contribution in [0.1, 0.15) is 61.6 Å². The minimum Gasteiger partial charge on any atom is -0.504 e. The van der Waals surface area contributed by atoms with Gasteiger partial charge in [-0.3, -0.25) is 9.97 Å². The predicted molar refractivity (Wildman–Crippen MR) is 176 cm³/mol. The molecule has 5 nitrogen and oxygen atoms in total. The Morgan fingerprint density at radius 1 is 0.605 bits per heavy atom. The van der Waals surface area contributed by atoms with Gasteiger partial charge in [0.25, 0.3) is 0 Å². The van der Waals surface area contributed by atoms with Crippen LogP contribution in [0, 0.1) is 13.8 Å². The number of hydrogen-bond acceptors (Lipinski definition) is 3. The molecule has 0 saturated carbocycles. The highest BCUT2D eigenvalue weighted by molar-refractivity contribution is 5.88. The van der Waals surface area contributed by atoms with Crippen molar-refractivity contribution in [2.45, 2.75) is 65.2 Å². The molecule has 0 saturated heterocycles. The van der Waals surface area contributed by atoms with E-state index in [0.29, 0.717) is 17.6 Å². The standard InChI is InChI=1S/C38H38N4O/c1-22-7-11-24(12-8-22)28-16-26-15-27-20-37(3,4)34(40-27)19-31-29(25-13-9-23(2)10-14-25)17-32(41-31)36(43)33-21-38(5,6)35(42-33)18-30(28)39-26/h7-19,39,41,43H,20-21H2,1-6H3. The van der Waals surface area contributed by atoms with E-state index < -0.39 is 0 Å². The lowest BCUT2D eigenvalue weighted by Gasteiger charge is -2.16. The number of nitrogens with one attached hydrogen (secondary N) is 2. The number of aromatic nitrogens is 4. The van der Waals surface area contributed by atoms with Crippen molar-refractivity contribution in [3.05, 3.63) is 113 Å². The molecule has 5 heteroatoms. The van der Waals surface area contributed by atoms with E-state index in [0.717, 1.165) is 62.3 Å². The van der Waals surface area contributed by atoms with E-state index in [1.165, 1.54) is 11.1 Å². The van der Waals surface area contributed by atoms with Gasteiger partial charge in [-0.05, 0) is 55.3 Å². The summed E-state index contributed by atoms with van der Waals surface area (Å²) in [6, 6.07) is 27.9. The second-order valence-electron chi connectivity index (χ2n) is 13.6. The molecule has 2 aliphatic rings. The molecule has 0 radical (unpaired) electrons. The average molecular weight is 567 g/mol. The van der Waals surface area contributed by atoms with Crippen LogP contribution in [0.25, 0.3) is 44.3 Å². The highest BCUT2D eigenvalue weighted by Crippen LogP contribution is 2.39. The van der Waals surface area contributed by atoms with Crippen molar-refractivity contribution in [1.29, 1.82) is 0 Å². The van der Waals surface area contributed by atoms with Gasteiger partial charge in [-0.1, -0.05) is 87.4 Å². The average Bonchev–Trinajstić information content (AvgIpc) is 3.69. The van der Waals surface area contributed by atoms with Crippen LogP contribution in [0.3, 0.4) is 0 Å². The summed E-state index contributed by atoms with van der Waals surface area (Å²) < 4.78 is 0. The molecule has 5 aromatic rings. The Morgan fingerprint density at radius 2 is 1.14 bits per heavy atom. The molecular formula is C38H38N4O. The zero-order valence-corrected chi connectivity index (χ0v) is 25.8. The molecule has 2 aliphatic heterocycles. The Morgan fingerprint density at radius 3 is 1.77 bits per heavy atom. The summed E-state index contributed by atoms with van der Waals surface area (Å²) in [4.78, 5) is 17.4. The second-order valence-corrected chi connectivity index (χ2v) is 13.6. The molecule has 0 atom stereocenters. The molecule has 0 aliphatic carbocycles. The van der Waals surface area contributed by atoms with E-state index in [4.69, 9.17) is 9.97 Å². The summed E-state index contributed by atoms with van der Waals surface area (Å²) in [5, 5.41) is 11.7. The van der Waals surface area contributed by atoms with Gasteiger partial charge in [0.2, 0.25) is 0 Å². The third-order valence-corrected chi connectivity index (χ3v) is 8.99. The first kappa shape index (κ1) is 27.2. The third kappa shape index (κ3) is 4.93. The van der Waals surface area contributed by atoms with Crippen molar-refractivity contribution < 1.29 is 5.11 Å². The molecule has 0 fully saturated rings. The van der Waals surface area contributed by atoms with Crippen LogP contribution in [0.2, 0.25) is 0 Å². The van der Waals surface area contributed by atoms with Gasteiger partial charge in [-0.15, -0.1) is 0 Å². The molecule has 5 heterocycles. The number of H-pyrrole nitrogens is 2. The molecular weight excluding hydrogens is 528 g/mol. The van der Waals surface area contributed by atoms with Gasteiger partial charge in [0, 0.05) is 68.4 Å². The highest BCUT2D eigenvalue weighted by Gasteiger charge is 2.31. The van der Waals surface area contributed by atoms with Crippen molar-refractivity contribution in [1.82, 2.24) is 19.9 Å². The first-order valence-corrected chi connectivity index (χ1v) is 15.1. The molecule has 2 aromatic carbocycles. The lowest BCUT2D eigenvalue weighted by Crippen LogP contribution is -2.15. The minimum absolute atomic E-state index is 0.147. The number of hydrogen-bond donors (Lipinski definition) is 3. The van der Waals surface area contributed by atoms with Crippen LogP contribution in [0.4, 0.5) is 0 Å². The monoisotopic (exact) mass is 566 g/mol. The topological polar surface area (TPSA) is 77.6 Å². The fraction of sp³-hybridized carbons (Fsp3) is 0.263. The Hall–Kier alpha value is -4.64. The quantitative estimate of drug-likeness (QED) is 0.199. The summed E-state index contributed by atoms with van der Waals surface area (Å²) in [7, 11) is 0. The molecule has 7 rings (SSSR count). The molecule has 0 spiro atoms. The van der Waals surface area contributed by atoms with Crippen LogP contribution in [0.15, 0.2) is 78.9 Å². The summed E-state index contributed by atoms with van der Waals surface area (Å²) in [6.45, 7) is 13.1. The van der Waals surface area contributed by atoms with Crippen molar-refractivity contribution in [3.63, 3.8) is 0 Å². The Kier molecular flexibility index (Phi) is 6.14. The SMILES string of the molecule is Cc1ccc(-c2cc3cc4nc(cc5[nH]c(cc5-c5ccc(C)cc5)c(O)c5nc(cc2[nH]3)C(C)(C)C5)C(C)(C)C4)cc1. The van der Waals surface area contributed by atoms with Crippen LogP contribution in [-0.2, 0) is 23.7 Å². The Bertz CT molecular complexity index is 2040. The van der Waals surface area contributed by atoms with E-state index >= 15 is 0 Å². The van der Waals surface area contributed by atoms with Crippen LogP contribution >= 0.6 is 0 Å². The van der Waals surface area contributed by atoms with Gasteiger partial charge in [0.05, 0.1) is 11.2 Å². The van der Waals surface area contributed by atoms with Gasteiger partial charge >= 0.3 is 0 Å². The number of nitrogens with zero attached hydrogens (tertiary/aromatic N) is 2. The largest absolute Gasteiger partial charge is 0.504 e. The molecule has 3 N–H and O–H groups in total. The predicted octanol–water partition coefficient (Wildman–Crippen LogP) is 9.01. The van der Waals surface area contributed by atoms with E-state index in [1.54, 1.807) is 0 Å². The van der Waals surface area contributed by atoms with Gasteiger partial charge < -0.3 is 15.1 Å². The maximum Gasteiger partial charge on any atom is 0.160 e. The maximum absolute atomic E-state index is 11.7. The van der Waals surface area contributed by atoms with Crippen LogP contribution in [0.5, 0.6) is 5.75 Å². The molecule has 216 valence electrons. The van der Waals surface area contributed by atoms with E-state index in [-0.39, 0.29) is 16.6 Å². The summed E-state index contributed by atoms with van der Waals surface area (Å²) in [5.74, 6) is 0.190. The number of fused-ring (bicyclic) bond motifs is 8. The third-order valence-electron chi connectivity index (χ3n) is 8.99. The first-order chi connectivity index (χ1) is 20.4. The smallest absolute Gasteiger partial charge is 0.160 e. The number of aromatic amines is 2. The van der Waals surface area contributed by atoms with Gasteiger partial charge in [-0.2, -0.15) is 0 Å². The second kappa shape index (κ2) is 9.70. The van der Waals surface area contributed by atoms with Gasteiger partial charge in [0.1, 0.15) is 0 Å². The van der Waals surface area contributed by atoms with E-state index in [9.17, 15) is 5.11 Å². The summed E-state index contributed by atoms with van der Waals surface area (Å²) in [5.41, 5.74) is 13.8. The lowest BCUT2D eigenvalue weighted by molar-refractivity contribution is 0.463. The summed E-state index contributed by atoms with van der Waals surface area (Å²) >= 11 is 0. The molecule has 43 heavy (non-hydrogen) atoms. The highest BCUT2D eigenvalue weighted by atomic mass is 16.3. The van der Waals surface area contributed by atoms with Crippen LogP contribution < -0.4 is 0 Å². The molecule has 8 bridgehead atoms. The van der Waals surface area contributed by atoms with Crippen molar-refractivity contribution in [3.8, 4) is 28.0 Å². The number of benzene rings is 2. The number of aromatic hydroxyl groups is 1. The molecule has 0 unspecified atom stereocenters. The maximum atomic E-state index is 11.7. The van der Waals surface area contributed by atoms with Crippen LogP contribution in [-0.4, -0.2) is 25.0 Å². The van der Waals surface area contributed by atoms with Crippen molar-refractivity contribution >= 4 is 22.1 Å². The Balaban J connectivity index is 1.58. The number of aryl methyl sites for hydroxylation is 2. The van der Waals surface area contributed by atoms with Gasteiger partial charge in [-0.25, -0.2) is 0 Å². The van der Waals surface area contributed by atoms with E-state index in [2.05, 4.69) is 124 Å². The van der Waals surface area contributed by atoms with E-state index in [1.807, 2.05) is 6.07 Å². The molecule has 0 amide bonds. The summed E-state index contributed by atoms with van der Waals surface area (Å²) in [6.07, 6.45) is 1.47. The van der Waals surface area contributed by atoms with Crippen molar-refractivity contribution in [2.75, 3.05) is 0 Å². The molecule has 3 aromatic heterocycles. The fourth-order valence-corrected chi connectivity index (χ4v) is 6.36. The lowest BCUT2D eigenvalue weighted by atomic mass is 9.86. The fourth-order valence-electron chi connectivity index (χ4n) is 6.36.